The van der Waals surface area contributed by atoms with E-state index in [0.29, 0.717) is 10.0 Å². The number of carboxylic acids is 1. The molecule has 1 saturated heterocycles. The van der Waals surface area contributed by atoms with Crippen molar-refractivity contribution in [1.29, 1.82) is 0 Å². The lowest BCUT2D eigenvalue weighted by atomic mass is 10.1. The molecule has 1 aliphatic rings. The normalized spacial score (nSPS) is 16.9. The van der Waals surface area contributed by atoms with Crippen molar-refractivity contribution >= 4 is 46.6 Å². The van der Waals surface area contributed by atoms with Crippen molar-refractivity contribution in [1.82, 2.24) is 5.43 Å². The first kappa shape index (κ1) is 18.1. The number of carbonyl (C=O) groups is 1. The SMILES string of the molecule is NN/C(C(=O)O)=C(\N)SC1CCN(c2ccc(Cl)c(Cl)c2)CC1. The van der Waals surface area contributed by atoms with Crippen LogP contribution in [-0.4, -0.2) is 29.4 Å². The Morgan fingerprint density at radius 2 is 1.96 bits per heavy atom. The maximum absolute atomic E-state index is 11.0. The molecule has 6 N–H and O–H groups in total. The molecule has 0 radical (unpaired) electrons. The van der Waals surface area contributed by atoms with Crippen molar-refractivity contribution in [2.45, 2.75) is 18.1 Å². The van der Waals surface area contributed by atoms with Crippen molar-refractivity contribution < 1.29 is 9.90 Å². The Kier molecular flexibility index (Phi) is 6.29. The molecule has 1 aromatic rings. The molecule has 0 unspecified atom stereocenters. The standard InChI is InChI=1S/C14H18Cl2N4O2S/c15-10-2-1-8(7-11(10)16)20-5-3-9(4-6-20)23-13(17)12(19-18)14(21)22/h1-2,7,9,19H,3-6,17-18H2,(H,21,22)/b13-12+. The Hall–Kier alpha value is -1.28. The van der Waals surface area contributed by atoms with Gasteiger partial charge in [0.1, 0.15) is 0 Å². The van der Waals surface area contributed by atoms with Gasteiger partial charge in [-0.15, -0.1) is 11.8 Å². The molecule has 0 aromatic heterocycles. The molecule has 0 atom stereocenters. The number of anilines is 1. The Bertz CT molecular complexity index is 619. The zero-order valence-corrected chi connectivity index (χ0v) is 14.6. The molecule has 0 spiro atoms. The summed E-state index contributed by atoms with van der Waals surface area (Å²) in [6.07, 6.45) is 1.76. The molecule has 0 amide bonds. The van der Waals surface area contributed by atoms with Crippen molar-refractivity contribution in [3.63, 3.8) is 0 Å². The monoisotopic (exact) mass is 376 g/mol. The number of benzene rings is 1. The highest BCUT2D eigenvalue weighted by Gasteiger charge is 2.23. The fourth-order valence-electron chi connectivity index (χ4n) is 2.39. The third kappa shape index (κ3) is 4.60. The fourth-order valence-corrected chi connectivity index (χ4v) is 3.75. The lowest BCUT2D eigenvalue weighted by Gasteiger charge is -2.33. The summed E-state index contributed by atoms with van der Waals surface area (Å²) >= 11 is 13.3. The molecule has 9 heteroatoms. The molecular formula is C14H18Cl2N4O2S. The van der Waals surface area contributed by atoms with E-state index in [1.165, 1.54) is 11.8 Å². The average molecular weight is 377 g/mol. The number of hydrogen-bond acceptors (Lipinski definition) is 6. The minimum absolute atomic E-state index is 0.165. The number of halogens is 2. The Morgan fingerprint density at radius 1 is 1.30 bits per heavy atom. The Labute approximate surface area is 148 Å². The number of carboxylic acid groups (broad SMARTS) is 1. The molecule has 0 aliphatic carbocycles. The predicted octanol–water partition coefficient (Wildman–Crippen LogP) is 2.37. The van der Waals surface area contributed by atoms with Crippen LogP contribution < -0.4 is 21.9 Å². The lowest BCUT2D eigenvalue weighted by molar-refractivity contribution is -0.133. The minimum Gasteiger partial charge on any atom is -0.476 e. The smallest absolute Gasteiger partial charge is 0.356 e. The highest BCUT2D eigenvalue weighted by Crippen LogP contribution is 2.32. The minimum atomic E-state index is -1.16. The second kappa shape index (κ2) is 8.01. The summed E-state index contributed by atoms with van der Waals surface area (Å²) in [7, 11) is 0. The summed E-state index contributed by atoms with van der Waals surface area (Å²) in [6.45, 7) is 1.67. The quantitative estimate of drug-likeness (QED) is 0.355. The third-order valence-corrected chi connectivity index (χ3v) is 5.61. The molecule has 1 fully saturated rings. The van der Waals surface area contributed by atoms with Crippen LogP contribution in [0.25, 0.3) is 0 Å². The molecular weight excluding hydrogens is 359 g/mol. The molecule has 1 heterocycles. The van der Waals surface area contributed by atoms with Crippen molar-refractivity contribution in [2.24, 2.45) is 11.6 Å². The number of nitrogens with two attached hydrogens (primary N) is 2. The first-order valence-corrected chi connectivity index (χ1v) is 8.62. The molecule has 126 valence electrons. The first-order chi connectivity index (χ1) is 10.9. The molecule has 23 heavy (non-hydrogen) atoms. The zero-order valence-electron chi connectivity index (χ0n) is 12.3. The molecule has 6 nitrogen and oxygen atoms in total. The van der Waals surface area contributed by atoms with E-state index < -0.39 is 5.97 Å². The highest BCUT2D eigenvalue weighted by atomic mass is 35.5. The fraction of sp³-hybridized carbons (Fsp3) is 0.357. The average Bonchev–Trinajstić information content (AvgIpc) is 2.51. The van der Waals surface area contributed by atoms with Gasteiger partial charge in [-0.2, -0.15) is 0 Å². The predicted molar refractivity (Wildman–Crippen MR) is 95.5 cm³/mol. The van der Waals surface area contributed by atoms with Gasteiger partial charge in [0.2, 0.25) is 0 Å². The number of nitrogens with one attached hydrogen (secondary N) is 1. The summed E-state index contributed by atoms with van der Waals surface area (Å²) < 4.78 is 0. The number of aliphatic carboxylic acids is 1. The van der Waals surface area contributed by atoms with Crippen LogP contribution in [0.3, 0.4) is 0 Å². The number of hydrazine groups is 1. The van der Waals surface area contributed by atoms with Gasteiger partial charge in [0.05, 0.1) is 15.1 Å². The van der Waals surface area contributed by atoms with E-state index in [2.05, 4.69) is 10.3 Å². The van der Waals surface area contributed by atoms with E-state index in [1.807, 2.05) is 12.1 Å². The van der Waals surface area contributed by atoms with E-state index in [4.69, 9.17) is 39.9 Å². The maximum atomic E-state index is 11.0. The van der Waals surface area contributed by atoms with Gasteiger partial charge in [0.15, 0.2) is 5.70 Å². The van der Waals surface area contributed by atoms with Crippen LogP contribution in [0.1, 0.15) is 12.8 Å². The second-order valence-electron chi connectivity index (χ2n) is 5.09. The van der Waals surface area contributed by atoms with Crippen LogP contribution in [-0.2, 0) is 4.79 Å². The number of nitrogens with zero attached hydrogens (tertiary/aromatic N) is 1. The van der Waals surface area contributed by atoms with E-state index in [-0.39, 0.29) is 16.0 Å². The van der Waals surface area contributed by atoms with E-state index in [1.54, 1.807) is 6.07 Å². The van der Waals surface area contributed by atoms with Crippen LogP contribution >= 0.6 is 35.0 Å². The van der Waals surface area contributed by atoms with Gasteiger partial charge in [0.25, 0.3) is 0 Å². The summed E-state index contributed by atoms with van der Waals surface area (Å²) in [4.78, 5) is 13.2. The van der Waals surface area contributed by atoms with Gasteiger partial charge in [0, 0.05) is 24.0 Å². The Balaban J connectivity index is 1.96. The van der Waals surface area contributed by atoms with Crippen LogP contribution in [0.5, 0.6) is 0 Å². The van der Waals surface area contributed by atoms with Crippen molar-refractivity contribution in [3.8, 4) is 0 Å². The number of rotatable bonds is 5. The van der Waals surface area contributed by atoms with Crippen molar-refractivity contribution in [3.05, 3.63) is 39.0 Å². The largest absolute Gasteiger partial charge is 0.476 e. The van der Waals surface area contributed by atoms with Crippen LogP contribution in [0.2, 0.25) is 10.0 Å². The first-order valence-electron chi connectivity index (χ1n) is 6.98. The topological polar surface area (TPSA) is 105 Å². The zero-order chi connectivity index (χ0) is 17.0. The second-order valence-corrected chi connectivity index (χ2v) is 7.25. The van der Waals surface area contributed by atoms with Crippen LogP contribution in [0, 0.1) is 0 Å². The van der Waals surface area contributed by atoms with Gasteiger partial charge < -0.3 is 21.2 Å². The Morgan fingerprint density at radius 3 is 2.48 bits per heavy atom. The van der Waals surface area contributed by atoms with Gasteiger partial charge in [-0.3, -0.25) is 5.84 Å². The van der Waals surface area contributed by atoms with Gasteiger partial charge in [-0.1, -0.05) is 23.2 Å². The van der Waals surface area contributed by atoms with E-state index >= 15 is 0 Å². The molecule has 0 saturated carbocycles. The summed E-state index contributed by atoms with van der Waals surface area (Å²) in [5, 5.41) is 10.5. The highest BCUT2D eigenvalue weighted by molar-refractivity contribution is 8.03. The number of hydrogen-bond donors (Lipinski definition) is 4. The summed E-state index contributed by atoms with van der Waals surface area (Å²) in [5.41, 5.74) is 8.81. The molecule has 2 rings (SSSR count). The lowest BCUT2D eigenvalue weighted by Crippen LogP contribution is -2.35. The third-order valence-electron chi connectivity index (χ3n) is 3.61. The van der Waals surface area contributed by atoms with Gasteiger partial charge >= 0.3 is 5.97 Å². The summed E-state index contributed by atoms with van der Waals surface area (Å²) in [6, 6.07) is 5.58. The molecule has 0 bridgehead atoms. The van der Waals surface area contributed by atoms with E-state index in [9.17, 15) is 4.79 Å². The van der Waals surface area contributed by atoms with Crippen LogP contribution in [0.15, 0.2) is 28.9 Å². The number of piperidine rings is 1. The van der Waals surface area contributed by atoms with Crippen LogP contribution in [0.4, 0.5) is 5.69 Å². The molecule has 1 aromatic carbocycles. The van der Waals surface area contributed by atoms with E-state index in [0.717, 1.165) is 31.6 Å². The summed E-state index contributed by atoms with van der Waals surface area (Å²) in [5.74, 6) is 4.03. The molecule has 1 aliphatic heterocycles. The van der Waals surface area contributed by atoms with Gasteiger partial charge in [-0.05, 0) is 31.0 Å². The number of thioether (sulfide) groups is 1. The maximum Gasteiger partial charge on any atom is 0.356 e. The van der Waals surface area contributed by atoms with Crippen molar-refractivity contribution in [2.75, 3.05) is 18.0 Å². The van der Waals surface area contributed by atoms with Gasteiger partial charge in [-0.25, -0.2) is 4.79 Å².